The molecule has 31 heavy (non-hydrogen) atoms. The van der Waals surface area contributed by atoms with Crippen LogP contribution in [-0.4, -0.2) is 32.0 Å². The van der Waals surface area contributed by atoms with Crippen molar-refractivity contribution in [3.63, 3.8) is 0 Å². The molecule has 0 spiro atoms. The van der Waals surface area contributed by atoms with E-state index < -0.39 is 11.6 Å². The lowest BCUT2D eigenvalue weighted by Gasteiger charge is -2.21. The number of hydrogen-bond donors (Lipinski definition) is 0. The number of benzene rings is 1. The lowest BCUT2D eigenvalue weighted by Crippen LogP contribution is -2.25. The van der Waals surface area contributed by atoms with Gasteiger partial charge in [0.25, 0.3) is 0 Å². The number of esters is 1. The van der Waals surface area contributed by atoms with Crippen LogP contribution in [0.15, 0.2) is 29.3 Å². The molecule has 0 bridgehead atoms. The number of carbonyl (C=O) groups excluding carboxylic acids is 1. The van der Waals surface area contributed by atoms with Gasteiger partial charge in [-0.15, -0.1) is 21.5 Å². The Morgan fingerprint density at radius 2 is 1.77 bits per heavy atom. The molecule has 0 saturated heterocycles. The van der Waals surface area contributed by atoms with Crippen molar-refractivity contribution in [1.29, 1.82) is 0 Å². The van der Waals surface area contributed by atoms with E-state index in [1.54, 1.807) is 11.3 Å². The minimum atomic E-state index is -0.554. The fourth-order valence-corrected chi connectivity index (χ4v) is 4.99. The quantitative estimate of drug-likeness (QED) is 0.530. The van der Waals surface area contributed by atoms with Crippen LogP contribution in [0.1, 0.15) is 72.0 Å². The summed E-state index contributed by atoms with van der Waals surface area (Å²) in [6.07, 6.45) is 0.109. The molecule has 3 heterocycles. The summed E-state index contributed by atoms with van der Waals surface area (Å²) in [6, 6.07) is 7.88. The Morgan fingerprint density at radius 3 is 2.42 bits per heavy atom. The van der Waals surface area contributed by atoms with Crippen molar-refractivity contribution >= 4 is 23.0 Å². The van der Waals surface area contributed by atoms with Gasteiger partial charge in [-0.2, -0.15) is 0 Å². The first kappa shape index (κ1) is 21.4. The summed E-state index contributed by atoms with van der Waals surface area (Å²) in [7, 11) is 0. The molecule has 0 aliphatic carbocycles. The Hall–Kier alpha value is -2.80. The van der Waals surface area contributed by atoms with Gasteiger partial charge in [-0.3, -0.25) is 14.4 Å². The number of aliphatic imine (C=N–C) groups is 1. The van der Waals surface area contributed by atoms with Gasteiger partial charge in [0, 0.05) is 16.0 Å². The van der Waals surface area contributed by atoms with Crippen LogP contribution in [0.3, 0.4) is 0 Å². The third-order valence-electron chi connectivity index (χ3n) is 5.34. The van der Waals surface area contributed by atoms with Gasteiger partial charge < -0.3 is 4.74 Å². The Balaban J connectivity index is 1.91. The van der Waals surface area contributed by atoms with E-state index in [2.05, 4.69) is 59.8 Å². The second-order valence-electron chi connectivity index (χ2n) is 9.05. The number of ether oxygens (including phenoxy) is 1. The van der Waals surface area contributed by atoms with Crippen molar-refractivity contribution in [2.75, 3.05) is 0 Å². The van der Waals surface area contributed by atoms with E-state index in [1.165, 1.54) is 16.0 Å². The molecule has 0 fully saturated rings. The summed E-state index contributed by atoms with van der Waals surface area (Å²) in [5, 5.41) is 9.80. The summed E-state index contributed by atoms with van der Waals surface area (Å²) in [6.45, 7) is 13.9. The first-order valence-corrected chi connectivity index (χ1v) is 11.3. The Kier molecular flexibility index (Phi) is 5.33. The predicted molar refractivity (Wildman–Crippen MR) is 123 cm³/mol. The van der Waals surface area contributed by atoms with E-state index in [9.17, 15) is 4.79 Å². The van der Waals surface area contributed by atoms with Crippen molar-refractivity contribution in [2.45, 2.75) is 66.5 Å². The number of thiophene rings is 1. The van der Waals surface area contributed by atoms with Gasteiger partial charge in [-0.1, -0.05) is 29.8 Å². The number of rotatable bonds is 3. The highest BCUT2D eigenvalue weighted by Gasteiger charge is 2.33. The van der Waals surface area contributed by atoms with E-state index in [-0.39, 0.29) is 12.4 Å². The number of carbonyl (C=O) groups is 1. The van der Waals surface area contributed by atoms with E-state index in [1.807, 2.05) is 27.7 Å². The van der Waals surface area contributed by atoms with Crippen molar-refractivity contribution in [2.24, 2.45) is 4.99 Å². The number of aryl methyl sites for hydroxylation is 3. The zero-order valence-electron chi connectivity index (χ0n) is 19.1. The maximum atomic E-state index is 12.7. The third kappa shape index (κ3) is 4.06. The summed E-state index contributed by atoms with van der Waals surface area (Å²) in [5.41, 5.74) is 4.82. The monoisotopic (exact) mass is 436 g/mol. The molecule has 4 rings (SSSR count). The highest BCUT2D eigenvalue weighted by molar-refractivity contribution is 7.15. The molecule has 3 aromatic rings. The number of hydrogen-bond acceptors (Lipinski definition) is 6. The third-order valence-corrected chi connectivity index (χ3v) is 6.54. The zero-order valence-corrected chi connectivity index (χ0v) is 19.9. The molecular formula is C24H28N4O2S. The topological polar surface area (TPSA) is 69.4 Å². The molecule has 0 saturated carbocycles. The fourth-order valence-electron chi connectivity index (χ4n) is 3.78. The lowest BCUT2D eigenvalue weighted by molar-refractivity contribution is -0.155. The summed E-state index contributed by atoms with van der Waals surface area (Å²) in [5.74, 6) is 1.16. The van der Waals surface area contributed by atoms with Crippen LogP contribution in [0.25, 0.3) is 5.00 Å². The molecule has 1 aliphatic rings. The maximum Gasteiger partial charge on any atom is 0.308 e. The minimum absolute atomic E-state index is 0.109. The first-order chi connectivity index (χ1) is 14.5. The van der Waals surface area contributed by atoms with Gasteiger partial charge in [0.05, 0.1) is 12.1 Å². The normalized spacial score (nSPS) is 15.7. The molecule has 1 aliphatic heterocycles. The van der Waals surface area contributed by atoms with E-state index >= 15 is 0 Å². The Labute approximate surface area is 187 Å². The highest BCUT2D eigenvalue weighted by atomic mass is 32.1. The molecule has 0 amide bonds. The van der Waals surface area contributed by atoms with Gasteiger partial charge in [0.1, 0.15) is 22.5 Å². The molecular weight excluding hydrogens is 408 g/mol. The number of aromatic nitrogens is 3. The molecule has 0 unspecified atom stereocenters. The van der Waals surface area contributed by atoms with Crippen molar-refractivity contribution in [1.82, 2.24) is 14.8 Å². The maximum absolute atomic E-state index is 12.7. The van der Waals surface area contributed by atoms with Gasteiger partial charge in [0.2, 0.25) is 0 Å². The molecule has 0 radical (unpaired) electrons. The molecule has 2 aromatic heterocycles. The van der Waals surface area contributed by atoms with Gasteiger partial charge in [-0.05, 0) is 54.0 Å². The lowest BCUT2D eigenvalue weighted by atomic mass is 9.99. The molecule has 1 atom stereocenters. The van der Waals surface area contributed by atoms with Crippen LogP contribution < -0.4 is 0 Å². The van der Waals surface area contributed by atoms with Crippen molar-refractivity contribution < 1.29 is 9.53 Å². The first-order valence-electron chi connectivity index (χ1n) is 10.4. The van der Waals surface area contributed by atoms with Crippen LogP contribution in [0.5, 0.6) is 0 Å². The fraction of sp³-hybridized carbons (Fsp3) is 0.417. The smallest absolute Gasteiger partial charge is 0.308 e. The number of fused-ring (bicyclic) bond motifs is 3. The SMILES string of the molecule is Cc1ccc(C2=N[C@H](CC(=O)OC(C)(C)C)c3nnc(C)n3-c3sc(C)c(C)c32)cc1. The Bertz CT molecular complexity index is 1180. The Morgan fingerprint density at radius 1 is 1.10 bits per heavy atom. The second-order valence-corrected chi connectivity index (χ2v) is 10.3. The van der Waals surface area contributed by atoms with E-state index in [0.717, 1.165) is 27.7 Å². The second kappa shape index (κ2) is 7.71. The van der Waals surface area contributed by atoms with Gasteiger partial charge in [-0.25, -0.2) is 0 Å². The van der Waals surface area contributed by atoms with Crippen molar-refractivity contribution in [3.8, 4) is 5.00 Å². The summed E-state index contributed by atoms with van der Waals surface area (Å²) in [4.78, 5) is 19.1. The number of nitrogens with zero attached hydrogens (tertiary/aromatic N) is 4. The van der Waals surface area contributed by atoms with Gasteiger partial charge in [0.15, 0.2) is 5.82 Å². The van der Waals surface area contributed by atoms with Crippen molar-refractivity contribution in [3.05, 3.63) is 63.0 Å². The summed E-state index contributed by atoms with van der Waals surface area (Å²) < 4.78 is 7.65. The van der Waals surface area contributed by atoms with E-state index in [0.29, 0.717) is 5.82 Å². The standard InChI is InChI=1S/C24H28N4O2S/c1-13-8-10-17(11-9-13)21-20-14(2)15(3)31-23(20)28-16(4)26-27-22(28)18(25-21)12-19(29)30-24(5,6)7/h8-11,18H,12H2,1-7H3/t18-/m1/s1. The van der Waals surface area contributed by atoms with Crippen LogP contribution >= 0.6 is 11.3 Å². The zero-order chi connectivity index (χ0) is 22.5. The molecule has 7 heteroatoms. The average Bonchev–Trinajstić information content (AvgIpc) is 3.14. The molecule has 6 nitrogen and oxygen atoms in total. The van der Waals surface area contributed by atoms with Crippen LogP contribution in [0, 0.1) is 27.7 Å². The van der Waals surface area contributed by atoms with E-state index in [4.69, 9.17) is 9.73 Å². The van der Waals surface area contributed by atoms with Gasteiger partial charge >= 0.3 is 5.97 Å². The van der Waals surface area contributed by atoms with Crippen LogP contribution in [0.2, 0.25) is 0 Å². The predicted octanol–water partition coefficient (Wildman–Crippen LogP) is 5.19. The largest absolute Gasteiger partial charge is 0.460 e. The minimum Gasteiger partial charge on any atom is -0.460 e. The van der Waals surface area contributed by atoms with Crippen LogP contribution in [0.4, 0.5) is 0 Å². The van der Waals surface area contributed by atoms with Crippen LogP contribution in [-0.2, 0) is 9.53 Å². The average molecular weight is 437 g/mol. The highest BCUT2D eigenvalue weighted by Crippen LogP contribution is 2.39. The molecule has 162 valence electrons. The molecule has 0 N–H and O–H groups in total. The summed E-state index contributed by atoms with van der Waals surface area (Å²) >= 11 is 1.71. The molecule has 1 aromatic carbocycles.